The number of carbonyl (C=O) groups is 1. The first-order chi connectivity index (χ1) is 23.2. The SMILES string of the molecule is CC(C)CN=CC(=CN)OC1CCN(c2ccc(-c3ccc(N4C(=S)N(c5ccc(C#N)c(C(F)(F)F)c5)C(=O)C4(C)C)cc3)cn2)CC1. The van der Waals surface area contributed by atoms with Crippen LogP contribution in [-0.2, 0) is 15.7 Å². The number of pyridine rings is 1. The van der Waals surface area contributed by atoms with Crippen LogP contribution in [0.2, 0.25) is 0 Å². The summed E-state index contributed by atoms with van der Waals surface area (Å²) in [5, 5.41) is 9.22. The van der Waals surface area contributed by atoms with Crippen molar-refractivity contribution in [2.45, 2.75) is 58.4 Å². The van der Waals surface area contributed by atoms with Crippen molar-refractivity contribution in [3.05, 3.63) is 83.9 Å². The summed E-state index contributed by atoms with van der Waals surface area (Å²) >= 11 is 5.66. The van der Waals surface area contributed by atoms with Crippen LogP contribution in [-0.4, -0.2) is 53.5 Å². The van der Waals surface area contributed by atoms with Crippen LogP contribution < -0.4 is 20.4 Å². The number of aromatic nitrogens is 1. The fraction of sp³-hybridized carbons (Fsp3) is 0.361. The molecule has 2 N–H and O–H groups in total. The van der Waals surface area contributed by atoms with Crippen molar-refractivity contribution in [3.8, 4) is 17.2 Å². The van der Waals surface area contributed by atoms with Crippen molar-refractivity contribution >= 4 is 46.6 Å². The molecular formula is C36H38F3N7O2S. The largest absolute Gasteiger partial charge is 0.487 e. The molecule has 13 heteroatoms. The molecule has 2 aliphatic heterocycles. The van der Waals surface area contributed by atoms with E-state index in [-0.39, 0.29) is 16.9 Å². The van der Waals surface area contributed by atoms with Gasteiger partial charge in [0.15, 0.2) is 10.9 Å². The molecule has 0 radical (unpaired) electrons. The van der Waals surface area contributed by atoms with Gasteiger partial charge in [-0.15, -0.1) is 0 Å². The number of amides is 1. The Kier molecular flexibility index (Phi) is 10.3. The Morgan fingerprint density at radius 3 is 2.35 bits per heavy atom. The first kappa shape index (κ1) is 35.3. The predicted octanol–water partition coefficient (Wildman–Crippen LogP) is 7.07. The van der Waals surface area contributed by atoms with Crippen LogP contribution in [0.3, 0.4) is 0 Å². The number of carbonyl (C=O) groups excluding carboxylic acids is 1. The molecule has 0 bridgehead atoms. The molecule has 2 aliphatic rings. The van der Waals surface area contributed by atoms with Gasteiger partial charge < -0.3 is 20.3 Å². The van der Waals surface area contributed by atoms with Crippen LogP contribution >= 0.6 is 12.2 Å². The molecule has 0 unspecified atom stereocenters. The molecule has 9 nitrogen and oxygen atoms in total. The summed E-state index contributed by atoms with van der Waals surface area (Å²) < 4.78 is 47.1. The Morgan fingerprint density at radius 1 is 1.12 bits per heavy atom. The van der Waals surface area contributed by atoms with E-state index < -0.39 is 28.7 Å². The predicted molar refractivity (Wildman–Crippen MR) is 189 cm³/mol. The Morgan fingerprint density at radius 2 is 1.78 bits per heavy atom. The molecule has 2 saturated heterocycles. The fourth-order valence-electron chi connectivity index (χ4n) is 5.87. The molecule has 3 aromatic rings. The quantitative estimate of drug-likeness (QED) is 0.144. The van der Waals surface area contributed by atoms with Crippen molar-refractivity contribution in [3.63, 3.8) is 0 Å². The van der Waals surface area contributed by atoms with Crippen LogP contribution in [0.5, 0.6) is 0 Å². The zero-order chi connectivity index (χ0) is 35.5. The van der Waals surface area contributed by atoms with Crippen molar-refractivity contribution < 1.29 is 22.7 Å². The maximum Gasteiger partial charge on any atom is 0.417 e. The Labute approximate surface area is 289 Å². The second-order valence-electron chi connectivity index (χ2n) is 12.9. The molecule has 49 heavy (non-hydrogen) atoms. The van der Waals surface area contributed by atoms with E-state index in [1.807, 2.05) is 42.6 Å². The first-order valence-corrected chi connectivity index (χ1v) is 16.3. The van der Waals surface area contributed by atoms with Crippen molar-refractivity contribution in [2.24, 2.45) is 16.6 Å². The molecule has 2 aromatic carbocycles. The molecule has 5 rings (SSSR count). The van der Waals surface area contributed by atoms with Gasteiger partial charge in [0, 0.05) is 56.1 Å². The third-order valence-corrected chi connectivity index (χ3v) is 8.85. The van der Waals surface area contributed by atoms with Crippen LogP contribution in [0.4, 0.5) is 30.4 Å². The minimum atomic E-state index is -4.77. The van der Waals surface area contributed by atoms with Crippen LogP contribution in [0, 0.1) is 17.2 Å². The molecule has 256 valence electrons. The highest BCUT2D eigenvalue weighted by Crippen LogP contribution is 2.40. The number of halogens is 3. The van der Waals surface area contributed by atoms with Gasteiger partial charge in [-0.2, -0.15) is 18.4 Å². The molecule has 1 amide bonds. The van der Waals surface area contributed by atoms with Gasteiger partial charge >= 0.3 is 6.18 Å². The zero-order valence-corrected chi connectivity index (χ0v) is 28.6. The molecule has 0 atom stereocenters. The molecule has 3 heterocycles. The first-order valence-electron chi connectivity index (χ1n) is 15.9. The van der Waals surface area contributed by atoms with E-state index in [0.717, 1.165) is 59.9 Å². The van der Waals surface area contributed by atoms with Gasteiger partial charge in [0.25, 0.3) is 5.91 Å². The van der Waals surface area contributed by atoms with Crippen LogP contribution in [0.15, 0.2) is 77.7 Å². The zero-order valence-electron chi connectivity index (χ0n) is 27.7. The monoisotopic (exact) mass is 689 g/mol. The second kappa shape index (κ2) is 14.3. The summed E-state index contributed by atoms with van der Waals surface area (Å²) in [4.78, 5) is 27.6. The number of hydrogen-bond donors (Lipinski definition) is 1. The van der Waals surface area contributed by atoms with Gasteiger partial charge in [-0.1, -0.05) is 26.0 Å². The lowest BCUT2D eigenvalue weighted by Crippen LogP contribution is -2.44. The van der Waals surface area contributed by atoms with E-state index >= 15 is 0 Å². The maximum absolute atomic E-state index is 13.7. The van der Waals surface area contributed by atoms with Crippen LogP contribution in [0.25, 0.3) is 11.1 Å². The highest BCUT2D eigenvalue weighted by atomic mass is 32.1. The summed E-state index contributed by atoms with van der Waals surface area (Å²) in [6.07, 6.45) is 1.88. The second-order valence-corrected chi connectivity index (χ2v) is 13.2. The van der Waals surface area contributed by atoms with Gasteiger partial charge in [0.2, 0.25) is 0 Å². The topological polar surface area (TPSA) is 111 Å². The van der Waals surface area contributed by atoms with Gasteiger partial charge in [-0.25, -0.2) is 4.98 Å². The lowest BCUT2D eigenvalue weighted by atomic mass is 10.0. The molecular weight excluding hydrogens is 652 g/mol. The number of benzene rings is 2. The number of ether oxygens (including phenoxy) is 1. The number of alkyl halides is 3. The minimum Gasteiger partial charge on any atom is -0.487 e. The summed E-state index contributed by atoms with van der Waals surface area (Å²) in [5.74, 6) is 1.42. The summed E-state index contributed by atoms with van der Waals surface area (Å²) in [5.41, 5.74) is 5.23. The van der Waals surface area contributed by atoms with Gasteiger partial charge in [-0.05, 0) is 80.0 Å². The van der Waals surface area contributed by atoms with E-state index in [1.54, 1.807) is 31.0 Å². The van der Waals surface area contributed by atoms with E-state index in [4.69, 9.17) is 27.7 Å². The fourth-order valence-corrected chi connectivity index (χ4v) is 6.39. The highest BCUT2D eigenvalue weighted by Gasteiger charge is 2.50. The molecule has 2 fully saturated rings. The van der Waals surface area contributed by atoms with Crippen LogP contribution in [0.1, 0.15) is 51.7 Å². The Balaban J connectivity index is 1.25. The number of rotatable bonds is 9. The number of nitriles is 1. The lowest BCUT2D eigenvalue weighted by Gasteiger charge is -2.33. The number of nitrogens with two attached hydrogens (primary N) is 1. The van der Waals surface area contributed by atoms with E-state index in [2.05, 4.69) is 23.7 Å². The average Bonchev–Trinajstić information content (AvgIpc) is 3.26. The van der Waals surface area contributed by atoms with Gasteiger partial charge in [0.05, 0.1) is 29.1 Å². The summed E-state index contributed by atoms with van der Waals surface area (Å²) in [6.45, 7) is 9.82. The number of aliphatic imine (C=N–C) groups is 1. The number of allylic oxidation sites excluding steroid dienone is 1. The Hall–Kier alpha value is -4.96. The Bertz CT molecular complexity index is 1790. The van der Waals surface area contributed by atoms with Gasteiger partial charge in [0.1, 0.15) is 17.5 Å². The highest BCUT2D eigenvalue weighted by molar-refractivity contribution is 7.81. The number of nitrogens with zero attached hydrogens (tertiary/aromatic N) is 6. The molecule has 0 spiro atoms. The summed E-state index contributed by atoms with van der Waals surface area (Å²) in [7, 11) is 0. The average molecular weight is 690 g/mol. The number of anilines is 3. The lowest BCUT2D eigenvalue weighted by molar-refractivity contribution is -0.137. The summed E-state index contributed by atoms with van der Waals surface area (Å²) in [6, 6.07) is 16.1. The van der Waals surface area contributed by atoms with Crippen molar-refractivity contribution in [1.82, 2.24) is 4.98 Å². The molecule has 0 saturated carbocycles. The van der Waals surface area contributed by atoms with Crippen molar-refractivity contribution in [2.75, 3.05) is 34.3 Å². The molecule has 0 aliphatic carbocycles. The normalized spacial score (nSPS) is 17.4. The molecule has 1 aromatic heterocycles. The van der Waals surface area contributed by atoms with E-state index in [9.17, 15) is 23.2 Å². The number of hydrogen-bond acceptors (Lipinski definition) is 8. The number of piperidine rings is 1. The van der Waals surface area contributed by atoms with E-state index in [0.29, 0.717) is 23.9 Å². The third-order valence-electron chi connectivity index (χ3n) is 8.48. The van der Waals surface area contributed by atoms with Gasteiger partial charge in [-0.3, -0.25) is 14.7 Å². The maximum atomic E-state index is 13.7. The minimum absolute atomic E-state index is 0.0373. The number of thiocarbonyl (C=S) groups is 1. The third kappa shape index (κ3) is 7.54. The van der Waals surface area contributed by atoms with Crippen molar-refractivity contribution in [1.29, 1.82) is 5.26 Å². The smallest absolute Gasteiger partial charge is 0.417 e. The van der Waals surface area contributed by atoms with E-state index in [1.165, 1.54) is 12.3 Å². The standard InChI is InChI=1S/C36H38F3N7O2S/c1-23(2)20-42-22-30(19-41)48-29-13-15-44(16-14-29)32-12-8-26(21-43-32)24-5-9-27(10-6-24)46-34(49)45(33(47)35(46,3)4)28-11-7-25(18-40)31(17-28)36(37,38)39/h5-12,17,19,21-23,29H,13-16,20,41H2,1-4H3.